The maximum absolute atomic E-state index is 13.1. The fourth-order valence-corrected chi connectivity index (χ4v) is 11.7. The molecule has 7 atom stereocenters. The number of ether oxygens (including phenoxy) is 2. The van der Waals surface area contributed by atoms with Gasteiger partial charge in [-0.25, -0.2) is 0 Å². The maximum atomic E-state index is 13.1. The summed E-state index contributed by atoms with van der Waals surface area (Å²) in [6, 6.07) is -0.828. The van der Waals surface area contributed by atoms with Crippen molar-refractivity contribution in [2.75, 3.05) is 13.2 Å². The Morgan fingerprint density at radius 3 is 1.01 bits per heavy atom. The van der Waals surface area contributed by atoms with E-state index in [1.165, 1.54) is 295 Å². The molecule has 1 saturated heterocycles. The predicted molar refractivity (Wildman–Crippen MR) is 355 cm³/mol. The van der Waals surface area contributed by atoms with Crippen molar-refractivity contribution >= 4 is 5.91 Å². The normalized spacial score (nSPS) is 18.5. The molecule has 9 heteroatoms. The Morgan fingerprint density at radius 1 is 0.398 bits per heavy atom. The molecule has 0 radical (unpaired) electrons. The number of nitrogens with one attached hydrogen (secondary N) is 1. The van der Waals surface area contributed by atoms with Gasteiger partial charge in [0.15, 0.2) is 6.29 Å². The molecule has 1 amide bonds. The van der Waals surface area contributed by atoms with E-state index in [1.807, 2.05) is 6.08 Å². The lowest BCUT2D eigenvalue weighted by molar-refractivity contribution is -0.302. The van der Waals surface area contributed by atoms with Crippen LogP contribution in [0.2, 0.25) is 0 Å². The fourth-order valence-electron chi connectivity index (χ4n) is 11.7. The minimum atomic E-state index is -1.58. The minimum Gasteiger partial charge on any atom is -0.394 e. The standard InChI is InChI=1S/C74H139NO8/c1-3-5-7-9-11-13-15-17-19-21-23-25-26-27-28-29-30-31-32-33-34-35-36-37-38-39-40-41-42-44-46-48-50-52-54-56-58-60-62-64-70(78)75-67(66-82-74-73(81)72(80)71(79)69(65-76)83-74)68(77)63-61-59-57-55-53-51-49-47-45-43-24-22-20-18-16-14-12-10-8-6-4-2/h21,23,45,47,53,55,61,63,67-69,71-74,76-77,79-81H,3-20,22,24-44,46,48-52,54,56-60,62,64-66H2,1-2H3,(H,75,78)/b23-21-,47-45+,55-53+,63-61+. The zero-order valence-electron chi connectivity index (χ0n) is 54.7. The Balaban J connectivity index is 2.07. The molecule has 0 aromatic heterocycles. The van der Waals surface area contributed by atoms with Crippen molar-refractivity contribution in [1.29, 1.82) is 0 Å². The predicted octanol–water partition coefficient (Wildman–Crippen LogP) is 20.0. The van der Waals surface area contributed by atoms with Gasteiger partial charge in [-0.3, -0.25) is 4.79 Å². The van der Waals surface area contributed by atoms with Crippen LogP contribution in [0.1, 0.15) is 361 Å². The van der Waals surface area contributed by atoms with Gasteiger partial charge in [0.25, 0.3) is 0 Å². The Hall–Kier alpha value is -1.85. The highest BCUT2D eigenvalue weighted by molar-refractivity contribution is 5.76. The number of amides is 1. The van der Waals surface area contributed by atoms with E-state index < -0.39 is 49.5 Å². The van der Waals surface area contributed by atoms with E-state index in [0.29, 0.717) is 6.42 Å². The number of carbonyl (C=O) groups is 1. The smallest absolute Gasteiger partial charge is 0.220 e. The summed E-state index contributed by atoms with van der Waals surface area (Å²) >= 11 is 0. The third-order valence-electron chi connectivity index (χ3n) is 17.4. The summed E-state index contributed by atoms with van der Waals surface area (Å²) in [6.45, 7) is 3.80. The van der Waals surface area contributed by atoms with Gasteiger partial charge < -0.3 is 40.3 Å². The number of unbranched alkanes of at least 4 members (excludes halogenated alkanes) is 48. The molecule has 9 nitrogen and oxygen atoms in total. The number of carbonyl (C=O) groups excluding carboxylic acids is 1. The first-order valence-corrected chi connectivity index (χ1v) is 36.4. The van der Waals surface area contributed by atoms with Crippen molar-refractivity contribution in [3.63, 3.8) is 0 Å². The number of rotatable bonds is 64. The van der Waals surface area contributed by atoms with Crippen LogP contribution in [-0.4, -0.2) is 87.5 Å². The molecule has 0 aromatic rings. The van der Waals surface area contributed by atoms with E-state index in [0.717, 1.165) is 44.9 Å². The van der Waals surface area contributed by atoms with Crippen LogP contribution in [-0.2, 0) is 14.3 Å². The van der Waals surface area contributed by atoms with E-state index in [2.05, 4.69) is 55.6 Å². The highest BCUT2D eigenvalue weighted by Gasteiger charge is 2.44. The largest absolute Gasteiger partial charge is 0.394 e. The zero-order valence-corrected chi connectivity index (χ0v) is 54.7. The Kier molecular flexibility index (Phi) is 60.3. The lowest BCUT2D eigenvalue weighted by Gasteiger charge is -2.40. The van der Waals surface area contributed by atoms with Gasteiger partial charge in [0.2, 0.25) is 5.91 Å². The van der Waals surface area contributed by atoms with Crippen LogP contribution in [0.15, 0.2) is 48.6 Å². The molecule has 488 valence electrons. The van der Waals surface area contributed by atoms with Crippen LogP contribution < -0.4 is 5.32 Å². The summed E-state index contributed by atoms with van der Waals surface area (Å²) in [6.07, 6.45) is 79.6. The van der Waals surface area contributed by atoms with E-state index in [1.54, 1.807) is 6.08 Å². The van der Waals surface area contributed by atoms with Crippen molar-refractivity contribution in [3.05, 3.63) is 48.6 Å². The van der Waals surface area contributed by atoms with Crippen LogP contribution in [0.5, 0.6) is 0 Å². The third kappa shape index (κ3) is 51.9. The molecule has 0 spiro atoms. The molecule has 7 unspecified atom stereocenters. The van der Waals surface area contributed by atoms with Gasteiger partial charge in [-0.15, -0.1) is 0 Å². The molecule has 0 bridgehead atoms. The SMILES string of the molecule is CCCCCCCCCC/C=C\CCCCCCCCCCCCCCCCCCCCCCCCCCCCCC(=O)NC(COC1OC(CO)C(O)C(O)C1O)C(O)/C=C/CC/C=C/CC/C=C/CCCCCCCCCCCCC. The Bertz CT molecular complexity index is 1450. The third-order valence-corrected chi connectivity index (χ3v) is 17.4. The van der Waals surface area contributed by atoms with Crippen LogP contribution in [0.25, 0.3) is 0 Å². The first kappa shape index (κ1) is 79.2. The zero-order chi connectivity index (χ0) is 60.0. The van der Waals surface area contributed by atoms with Crippen molar-refractivity contribution in [1.82, 2.24) is 5.32 Å². The molecule has 83 heavy (non-hydrogen) atoms. The molecule has 1 rings (SSSR count). The average molecular weight is 1170 g/mol. The van der Waals surface area contributed by atoms with E-state index in [4.69, 9.17) is 9.47 Å². The quantitative estimate of drug-likeness (QED) is 0.0261. The Morgan fingerprint density at radius 2 is 0.687 bits per heavy atom. The van der Waals surface area contributed by atoms with Crippen LogP contribution in [0.3, 0.4) is 0 Å². The highest BCUT2D eigenvalue weighted by Crippen LogP contribution is 2.23. The molecule has 0 aromatic carbocycles. The first-order chi connectivity index (χ1) is 40.8. The van der Waals surface area contributed by atoms with E-state index >= 15 is 0 Å². The Labute approximate surface area is 514 Å². The lowest BCUT2D eigenvalue weighted by Crippen LogP contribution is -2.60. The summed E-state index contributed by atoms with van der Waals surface area (Å²) in [4.78, 5) is 13.1. The second-order valence-electron chi connectivity index (χ2n) is 25.4. The van der Waals surface area contributed by atoms with Crippen LogP contribution >= 0.6 is 0 Å². The maximum Gasteiger partial charge on any atom is 0.220 e. The van der Waals surface area contributed by atoms with E-state index in [-0.39, 0.29) is 12.5 Å². The van der Waals surface area contributed by atoms with Gasteiger partial charge >= 0.3 is 0 Å². The van der Waals surface area contributed by atoms with Gasteiger partial charge in [0.1, 0.15) is 24.4 Å². The molecule has 1 fully saturated rings. The van der Waals surface area contributed by atoms with Crippen molar-refractivity contribution < 1.29 is 39.8 Å². The summed E-state index contributed by atoms with van der Waals surface area (Å²) in [7, 11) is 0. The van der Waals surface area contributed by atoms with Gasteiger partial charge in [0, 0.05) is 6.42 Å². The number of hydrogen-bond donors (Lipinski definition) is 6. The van der Waals surface area contributed by atoms with Crippen molar-refractivity contribution in [2.45, 2.75) is 403 Å². The highest BCUT2D eigenvalue weighted by atomic mass is 16.7. The number of hydrogen-bond acceptors (Lipinski definition) is 8. The van der Waals surface area contributed by atoms with Crippen molar-refractivity contribution in [3.8, 4) is 0 Å². The van der Waals surface area contributed by atoms with E-state index in [9.17, 15) is 30.3 Å². The summed E-state index contributed by atoms with van der Waals surface area (Å²) in [5.41, 5.74) is 0. The molecule has 1 aliphatic heterocycles. The topological polar surface area (TPSA) is 149 Å². The number of aliphatic hydroxyl groups excluding tert-OH is 5. The molecule has 0 saturated carbocycles. The number of aliphatic hydroxyl groups is 5. The minimum absolute atomic E-state index is 0.184. The fraction of sp³-hybridized carbons (Fsp3) is 0.878. The molecular weight excluding hydrogens is 1030 g/mol. The summed E-state index contributed by atoms with van der Waals surface area (Å²) < 4.78 is 11.3. The van der Waals surface area contributed by atoms with Gasteiger partial charge in [-0.05, 0) is 70.6 Å². The van der Waals surface area contributed by atoms with Gasteiger partial charge in [0.05, 0.1) is 25.4 Å². The lowest BCUT2D eigenvalue weighted by atomic mass is 9.99. The molecular formula is C74H139NO8. The van der Waals surface area contributed by atoms with Crippen LogP contribution in [0.4, 0.5) is 0 Å². The van der Waals surface area contributed by atoms with Crippen molar-refractivity contribution in [2.24, 2.45) is 0 Å². The monoisotopic (exact) mass is 1170 g/mol. The first-order valence-electron chi connectivity index (χ1n) is 36.4. The molecule has 1 aliphatic rings. The molecule has 1 heterocycles. The second-order valence-corrected chi connectivity index (χ2v) is 25.4. The summed E-state index contributed by atoms with van der Waals surface area (Å²) in [5, 5.41) is 54.7. The second kappa shape index (κ2) is 63.2. The van der Waals surface area contributed by atoms with Gasteiger partial charge in [-0.1, -0.05) is 332 Å². The van der Waals surface area contributed by atoms with Crippen LogP contribution in [0, 0.1) is 0 Å². The van der Waals surface area contributed by atoms with Gasteiger partial charge in [-0.2, -0.15) is 0 Å². The molecule has 6 N–H and O–H groups in total. The average Bonchev–Trinajstić information content (AvgIpc) is 3.60. The number of allylic oxidation sites excluding steroid dienone is 7. The molecule has 0 aliphatic carbocycles. The summed E-state index contributed by atoms with van der Waals surface area (Å²) in [5.74, 6) is -0.184.